The summed E-state index contributed by atoms with van der Waals surface area (Å²) in [6.07, 6.45) is 0.735. The number of carboxylic acid groups (broad SMARTS) is 1. The number of hydrogen-bond acceptors (Lipinski definition) is 4. The summed E-state index contributed by atoms with van der Waals surface area (Å²) in [5.74, 6) is -0.950. The van der Waals surface area contributed by atoms with E-state index in [9.17, 15) is 4.79 Å². The molecule has 0 saturated heterocycles. The Labute approximate surface area is 91.1 Å². The number of hydrogen-bond donors (Lipinski definition) is 1. The van der Waals surface area contributed by atoms with Crippen LogP contribution >= 0.6 is 11.3 Å². The molecule has 0 bridgehead atoms. The van der Waals surface area contributed by atoms with Crippen LogP contribution in [0.4, 0.5) is 0 Å². The van der Waals surface area contributed by atoms with E-state index in [1.165, 1.54) is 11.3 Å². The van der Waals surface area contributed by atoms with Gasteiger partial charge in [0.25, 0.3) is 0 Å². The van der Waals surface area contributed by atoms with Crippen LogP contribution < -0.4 is 0 Å². The van der Waals surface area contributed by atoms with Crippen LogP contribution in [0.2, 0.25) is 0 Å². The summed E-state index contributed by atoms with van der Waals surface area (Å²) in [6.45, 7) is 1.16. The van der Waals surface area contributed by atoms with Crippen LogP contribution in [-0.4, -0.2) is 41.5 Å². The van der Waals surface area contributed by atoms with Gasteiger partial charge in [-0.3, -0.25) is 0 Å². The predicted molar refractivity (Wildman–Crippen MR) is 49.6 cm³/mol. The predicted octanol–water partition coefficient (Wildman–Crippen LogP) is 0.265. The Hall–Kier alpha value is -0.343. The van der Waals surface area contributed by atoms with E-state index in [1.807, 2.05) is 0 Å². The molecule has 0 saturated carbocycles. The molecule has 0 radical (unpaired) electrons. The molecule has 66 valence electrons. The summed E-state index contributed by atoms with van der Waals surface area (Å²) < 4.78 is 5.17. The van der Waals surface area contributed by atoms with Gasteiger partial charge in [0.1, 0.15) is 0 Å². The second kappa shape index (κ2) is 4.25. The number of fused-ring (bicyclic) bond motifs is 1. The molecule has 0 aromatic carbocycles. The molecule has 0 spiro atoms. The molecule has 0 amide bonds. The number of carboxylic acids is 1. The van der Waals surface area contributed by atoms with E-state index in [1.54, 1.807) is 0 Å². The van der Waals surface area contributed by atoms with Gasteiger partial charge >= 0.3 is 24.8 Å². The third-order valence-electron chi connectivity index (χ3n) is 1.68. The van der Waals surface area contributed by atoms with E-state index in [-0.39, 0.29) is 23.9 Å². The average molecular weight is 193 g/mol. The fourth-order valence-corrected chi connectivity index (χ4v) is 2.00. The maximum absolute atomic E-state index is 10.5. The number of ether oxygens (including phenoxy) is 1. The van der Waals surface area contributed by atoms with Crippen LogP contribution in [0.25, 0.3) is 0 Å². The van der Waals surface area contributed by atoms with Crippen molar-refractivity contribution in [2.45, 2.75) is 13.0 Å². The summed E-state index contributed by atoms with van der Waals surface area (Å²) >= 11 is 1.21. The summed E-state index contributed by atoms with van der Waals surface area (Å²) in [6, 6.07) is 0. The number of carbonyl (C=O) groups is 1. The third kappa shape index (κ3) is 2.12. The van der Waals surface area contributed by atoms with Crippen molar-refractivity contribution in [2.24, 2.45) is 0 Å². The maximum atomic E-state index is 10.5. The van der Waals surface area contributed by atoms with Gasteiger partial charge in [0.2, 0.25) is 5.01 Å². The molecule has 1 aliphatic heterocycles. The average Bonchev–Trinajstić information content (AvgIpc) is 2.46. The Morgan fingerprint density at radius 2 is 2.38 bits per heavy atom. The summed E-state index contributed by atoms with van der Waals surface area (Å²) in [5, 5.41) is 8.81. The van der Waals surface area contributed by atoms with Crippen molar-refractivity contribution >= 4 is 36.2 Å². The number of rotatable bonds is 1. The molecule has 1 aliphatic rings. The Kier molecular flexibility index (Phi) is 3.51. The van der Waals surface area contributed by atoms with Crippen LogP contribution in [-0.2, 0) is 17.8 Å². The van der Waals surface area contributed by atoms with Crippen LogP contribution in [0.1, 0.15) is 20.4 Å². The van der Waals surface area contributed by atoms with Crippen molar-refractivity contribution in [1.82, 2.24) is 4.98 Å². The van der Waals surface area contributed by atoms with Crippen molar-refractivity contribution in [3.8, 4) is 0 Å². The summed E-state index contributed by atoms with van der Waals surface area (Å²) in [4.78, 5) is 15.5. The molecule has 4 nitrogen and oxygen atoms in total. The van der Waals surface area contributed by atoms with Gasteiger partial charge in [-0.1, -0.05) is 0 Å². The molecular weight excluding hydrogens is 185 g/mol. The Balaban J connectivity index is 0.000000845. The van der Waals surface area contributed by atoms with Crippen LogP contribution in [0.15, 0.2) is 0 Å². The quantitative estimate of drug-likeness (QED) is 0.650. The van der Waals surface area contributed by atoms with Crippen molar-refractivity contribution in [3.05, 3.63) is 15.6 Å². The second-order valence-corrected chi connectivity index (χ2v) is 3.58. The Morgan fingerprint density at radius 3 is 3.00 bits per heavy atom. The van der Waals surface area contributed by atoms with E-state index in [4.69, 9.17) is 9.84 Å². The first-order chi connectivity index (χ1) is 5.77. The van der Waals surface area contributed by atoms with E-state index >= 15 is 0 Å². The second-order valence-electron chi connectivity index (χ2n) is 2.50. The van der Waals surface area contributed by atoms with Gasteiger partial charge in [-0.2, -0.15) is 0 Å². The molecule has 2 rings (SSSR count). The number of aromatic carboxylic acids is 1. The molecular formula is C7H8LiNO3S. The topological polar surface area (TPSA) is 59.4 Å². The van der Waals surface area contributed by atoms with Crippen LogP contribution in [0, 0.1) is 0 Å². The van der Waals surface area contributed by atoms with Crippen LogP contribution in [0.3, 0.4) is 0 Å². The van der Waals surface area contributed by atoms with E-state index < -0.39 is 5.97 Å². The van der Waals surface area contributed by atoms with Crippen LogP contribution in [0.5, 0.6) is 0 Å². The first-order valence-corrected chi connectivity index (χ1v) is 4.38. The fourth-order valence-electron chi connectivity index (χ4n) is 1.12. The van der Waals surface area contributed by atoms with E-state index in [0.717, 1.165) is 17.0 Å². The first-order valence-electron chi connectivity index (χ1n) is 3.57. The summed E-state index contributed by atoms with van der Waals surface area (Å²) in [7, 11) is 0. The molecule has 2 heterocycles. The van der Waals surface area contributed by atoms with E-state index in [2.05, 4.69) is 4.98 Å². The molecule has 0 aliphatic carbocycles. The molecule has 0 fully saturated rings. The van der Waals surface area contributed by atoms with Gasteiger partial charge < -0.3 is 9.84 Å². The summed E-state index contributed by atoms with van der Waals surface area (Å²) in [5.41, 5.74) is 0.892. The SMILES string of the molecule is O=C(O)c1nc2c(s1)COCC2.[LiH]. The number of aromatic nitrogens is 1. The minimum atomic E-state index is -0.950. The monoisotopic (exact) mass is 193 g/mol. The molecule has 0 atom stereocenters. The van der Waals surface area contributed by atoms with Crippen molar-refractivity contribution < 1.29 is 14.6 Å². The minimum absolute atomic E-state index is 0. The normalized spacial score (nSPS) is 14.5. The molecule has 1 aromatic rings. The Bertz CT molecular complexity index is 302. The van der Waals surface area contributed by atoms with Gasteiger partial charge in [-0.15, -0.1) is 11.3 Å². The van der Waals surface area contributed by atoms with Gasteiger partial charge in [0.15, 0.2) is 0 Å². The molecule has 1 N–H and O–H groups in total. The number of nitrogens with zero attached hydrogens (tertiary/aromatic N) is 1. The standard InChI is InChI=1S/C7H7NO3S.Li.H/c9-7(10)6-8-4-1-2-11-3-5(4)12-6;;/h1-3H2,(H,9,10);;. The van der Waals surface area contributed by atoms with Gasteiger partial charge in [0, 0.05) is 6.42 Å². The Morgan fingerprint density at radius 1 is 1.62 bits per heavy atom. The third-order valence-corrected chi connectivity index (χ3v) is 2.74. The molecule has 1 aromatic heterocycles. The van der Waals surface area contributed by atoms with E-state index in [0.29, 0.717) is 13.2 Å². The van der Waals surface area contributed by atoms with Gasteiger partial charge in [-0.25, -0.2) is 9.78 Å². The van der Waals surface area contributed by atoms with Gasteiger partial charge in [0.05, 0.1) is 23.8 Å². The number of thiazole rings is 1. The first kappa shape index (κ1) is 10.7. The van der Waals surface area contributed by atoms with Gasteiger partial charge in [-0.05, 0) is 0 Å². The molecule has 13 heavy (non-hydrogen) atoms. The van der Waals surface area contributed by atoms with Crippen molar-refractivity contribution in [3.63, 3.8) is 0 Å². The van der Waals surface area contributed by atoms with Crippen molar-refractivity contribution in [1.29, 1.82) is 0 Å². The fraction of sp³-hybridized carbons (Fsp3) is 0.429. The zero-order valence-corrected chi connectivity index (χ0v) is 7.06. The molecule has 0 unspecified atom stereocenters. The zero-order valence-electron chi connectivity index (χ0n) is 6.24. The molecule has 6 heteroatoms. The van der Waals surface area contributed by atoms with Crippen molar-refractivity contribution in [2.75, 3.05) is 6.61 Å². The zero-order chi connectivity index (χ0) is 8.55.